The first-order valence-corrected chi connectivity index (χ1v) is 4.52. The van der Waals surface area contributed by atoms with Crippen molar-refractivity contribution in [2.45, 2.75) is 20.3 Å². The summed E-state index contributed by atoms with van der Waals surface area (Å²) in [6, 6.07) is 0. The van der Waals surface area contributed by atoms with Gasteiger partial charge in [-0.2, -0.15) is 0 Å². The predicted octanol–water partition coefficient (Wildman–Crippen LogP) is 3.95. The molecule has 0 nitrogen and oxygen atoms in total. The van der Waals surface area contributed by atoms with Crippen LogP contribution >= 0.6 is 0 Å². The Morgan fingerprint density at radius 2 is 1.77 bits per heavy atom. The Labute approximate surface area is 80.7 Å². The van der Waals surface area contributed by atoms with Crippen LogP contribution in [-0.2, 0) is 0 Å². The Morgan fingerprint density at radius 1 is 1.15 bits per heavy atom. The van der Waals surface area contributed by atoms with Crippen LogP contribution in [0.3, 0.4) is 0 Å². The fraction of sp³-hybridized carbons (Fsp3) is 0.231. The van der Waals surface area contributed by atoms with E-state index >= 15 is 0 Å². The number of allylic oxidation sites excluding steroid dienone is 8. The minimum absolute atomic E-state index is 1.01. The van der Waals surface area contributed by atoms with Crippen LogP contribution in [0.2, 0.25) is 0 Å². The Bertz CT molecular complexity index is 322. The van der Waals surface area contributed by atoms with Crippen molar-refractivity contribution < 1.29 is 0 Å². The van der Waals surface area contributed by atoms with Crippen molar-refractivity contribution >= 4 is 0 Å². The van der Waals surface area contributed by atoms with Crippen molar-refractivity contribution in [2.75, 3.05) is 0 Å². The molecular weight excluding hydrogens is 156 g/mol. The van der Waals surface area contributed by atoms with E-state index in [1.54, 1.807) is 0 Å². The van der Waals surface area contributed by atoms with Gasteiger partial charge in [-0.1, -0.05) is 48.6 Å². The van der Waals surface area contributed by atoms with Crippen LogP contribution in [0.1, 0.15) is 20.3 Å². The second kappa shape index (κ2) is 4.08. The second-order valence-electron chi connectivity index (χ2n) is 3.33. The molecule has 0 aromatic heterocycles. The molecule has 0 amide bonds. The molecule has 68 valence electrons. The van der Waals surface area contributed by atoms with Gasteiger partial charge in [0.05, 0.1) is 0 Å². The molecule has 0 fully saturated rings. The molecule has 0 aliphatic heterocycles. The number of rotatable bonds is 2. The zero-order chi connectivity index (χ0) is 9.84. The summed E-state index contributed by atoms with van der Waals surface area (Å²) in [7, 11) is 0. The van der Waals surface area contributed by atoms with E-state index in [0.29, 0.717) is 0 Å². The van der Waals surface area contributed by atoms with Crippen LogP contribution in [0.4, 0.5) is 0 Å². The van der Waals surface area contributed by atoms with Gasteiger partial charge in [-0.15, -0.1) is 0 Å². The molecular formula is C13H16. The van der Waals surface area contributed by atoms with E-state index in [0.717, 1.165) is 6.42 Å². The van der Waals surface area contributed by atoms with Crippen molar-refractivity contribution in [3.05, 3.63) is 59.8 Å². The second-order valence-corrected chi connectivity index (χ2v) is 3.33. The summed E-state index contributed by atoms with van der Waals surface area (Å²) in [6.45, 7) is 11.9. The summed E-state index contributed by atoms with van der Waals surface area (Å²) < 4.78 is 0. The molecule has 0 aromatic rings. The van der Waals surface area contributed by atoms with Crippen LogP contribution in [-0.4, -0.2) is 0 Å². The quantitative estimate of drug-likeness (QED) is 0.591. The first-order valence-electron chi connectivity index (χ1n) is 4.52. The standard InChI is InChI=1S/C13H16/c1-5-12-8-7-10(3)11(4)9-13(12)6-2/h5-6,8-9H,1-2,7H2,3-4H3. The topological polar surface area (TPSA) is 0 Å². The monoisotopic (exact) mass is 172 g/mol. The minimum Gasteiger partial charge on any atom is -0.0985 e. The van der Waals surface area contributed by atoms with Gasteiger partial charge in [0, 0.05) is 0 Å². The third kappa shape index (κ3) is 2.09. The molecule has 0 unspecified atom stereocenters. The zero-order valence-corrected chi connectivity index (χ0v) is 8.43. The zero-order valence-electron chi connectivity index (χ0n) is 8.43. The van der Waals surface area contributed by atoms with Crippen LogP contribution in [0, 0.1) is 0 Å². The van der Waals surface area contributed by atoms with Crippen molar-refractivity contribution in [3.63, 3.8) is 0 Å². The highest BCUT2D eigenvalue weighted by Gasteiger charge is 2.03. The van der Waals surface area contributed by atoms with Gasteiger partial charge in [0.15, 0.2) is 0 Å². The maximum Gasteiger partial charge on any atom is -0.0127 e. The van der Waals surface area contributed by atoms with Crippen molar-refractivity contribution in [2.24, 2.45) is 0 Å². The fourth-order valence-electron chi connectivity index (χ4n) is 1.36. The molecule has 0 aromatic carbocycles. The van der Waals surface area contributed by atoms with Gasteiger partial charge in [-0.25, -0.2) is 0 Å². The highest BCUT2D eigenvalue weighted by molar-refractivity contribution is 5.51. The van der Waals surface area contributed by atoms with Crippen LogP contribution in [0.15, 0.2) is 59.8 Å². The predicted molar refractivity (Wildman–Crippen MR) is 59.6 cm³/mol. The molecule has 0 saturated carbocycles. The first-order chi connectivity index (χ1) is 6.19. The summed E-state index contributed by atoms with van der Waals surface area (Å²) in [5.41, 5.74) is 5.11. The minimum atomic E-state index is 1.01. The summed E-state index contributed by atoms with van der Waals surface area (Å²) in [6.07, 6.45) is 9.16. The molecule has 0 radical (unpaired) electrons. The fourth-order valence-corrected chi connectivity index (χ4v) is 1.36. The number of hydrogen-bond acceptors (Lipinski definition) is 0. The lowest BCUT2D eigenvalue weighted by Gasteiger charge is -2.00. The van der Waals surface area contributed by atoms with Gasteiger partial charge in [0.1, 0.15) is 0 Å². The van der Waals surface area contributed by atoms with E-state index in [2.05, 4.69) is 39.2 Å². The van der Waals surface area contributed by atoms with Gasteiger partial charge in [-0.3, -0.25) is 0 Å². The van der Waals surface area contributed by atoms with Crippen molar-refractivity contribution in [1.29, 1.82) is 0 Å². The molecule has 0 atom stereocenters. The van der Waals surface area contributed by atoms with E-state index < -0.39 is 0 Å². The molecule has 0 bridgehead atoms. The van der Waals surface area contributed by atoms with Gasteiger partial charge >= 0.3 is 0 Å². The summed E-state index contributed by atoms with van der Waals surface area (Å²) in [5.74, 6) is 0. The van der Waals surface area contributed by atoms with Crippen molar-refractivity contribution in [1.82, 2.24) is 0 Å². The lowest BCUT2D eigenvalue weighted by atomic mass is 10.1. The normalized spacial score (nSPS) is 17.4. The summed E-state index contributed by atoms with van der Waals surface area (Å²) >= 11 is 0. The van der Waals surface area contributed by atoms with Crippen LogP contribution in [0.5, 0.6) is 0 Å². The Kier molecular flexibility index (Phi) is 3.07. The largest absolute Gasteiger partial charge is 0.0985 e. The molecule has 0 spiro atoms. The lowest BCUT2D eigenvalue weighted by Crippen LogP contribution is -1.80. The molecule has 0 N–H and O–H groups in total. The molecule has 0 heteroatoms. The highest BCUT2D eigenvalue weighted by atomic mass is 14.1. The average Bonchev–Trinajstić information content (AvgIpc) is 2.27. The smallest absolute Gasteiger partial charge is 0.0127 e. The van der Waals surface area contributed by atoms with E-state index in [1.807, 2.05) is 12.2 Å². The van der Waals surface area contributed by atoms with Crippen molar-refractivity contribution in [3.8, 4) is 0 Å². The Hall–Kier alpha value is -1.30. The van der Waals surface area contributed by atoms with E-state index in [-0.39, 0.29) is 0 Å². The summed E-state index contributed by atoms with van der Waals surface area (Å²) in [5, 5.41) is 0. The van der Waals surface area contributed by atoms with E-state index in [1.165, 1.54) is 22.3 Å². The molecule has 1 aliphatic carbocycles. The lowest BCUT2D eigenvalue weighted by molar-refractivity contribution is 1.17. The van der Waals surface area contributed by atoms with Gasteiger partial charge in [-0.05, 0) is 31.4 Å². The number of hydrogen-bond donors (Lipinski definition) is 0. The van der Waals surface area contributed by atoms with Crippen LogP contribution in [0.25, 0.3) is 0 Å². The Balaban J connectivity index is 3.17. The van der Waals surface area contributed by atoms with E-state index in [4.69, 9.17) is 0 Å². The molecule has 1 aliphatic rings. The van der Waals surface area contributed by atoms with Gasteiger partial charge < -0.3 is 0 Å². The average molecular weight is 172 g/mol. The Morgan fingerprint density at radius 3 is 2.31 bits per heavy atom. The maximum atomic E-state index is 3.80. The molecule has 0 saturated heterocycles. The van der Waals surface area contributed by atoms with Gasteiger partial charge in [0.2, 0.25) is 0 Å². The first kappa shape index (κ1) is 9.79. The molecule has 13 heavy (non-hydrogen) atoms. The summed E-state index contributed by atoms with van der Waals surface area (Å²) in [4.78, 5) is 0. The van der Waals surface area contributed by atoms with Crippen LogP contribution < -0.4 is 0 Å². The highest BCUT2D eigenvalue weighted by Crippen LogP contribution is 2.23. The van der Waals surface area contributed by atoms with E-state index in [9.17, 15) is 0 Å². The maximum absolute atomic E-state index is 3.80. The third-order valence-corrected chi connectivity index (χ3v) is 2.45. The molecule has 1 rings (SSSR count). The third-order valence-electron chi connectivity index (χ3n) is 2.45. The molecule has 0 heterocycles. The van der Waals surface area contributed by atoms with Gasteiger partial charge in [0.25, 0.3) is 0 Å². The SMILES string of the molecule is C=CC1=CCC(C)=C(C)C=C1C=C.